The van der Waals surface area contributed by atoms with E-state index in [0.29, 0.717) is 13.0 Å². The minimum Gasteiger partial charge on any atom is -0.480 e. The minimum absolute atomic E-state index is 0.593. The molecule has 2 N–H and O–H groups in total. The number of aliphatic carboxylic acids is 1. The quantitative estimate of drug-likeness (QED) is 0.827. The van der Waals surface area contributed by atoms with Crippen LogP contribution in [0.1, 0.15) is 48.9 Å². The van der Waals surface area contributed by atoms with Crippen molar-refractivity contribution < 1.29 is 9.90 Å². The summed E-state index contributed by atoms with van der Waals surface area (Å²) >= 11 is 0. The second-order valence-corrected chi connectivity index (χ2v) is 5.60. The van der Waals surface area contributed by atoms with Gasteiger partial charge in [-0.15, -0.1) is 0 Å². The maximum Gasteiger partial charge on any atom is 0.323 e. The van der Waals surface area contributed by atoms with Gasteiger partial charge < -0.3 is 5.11 Å². The molecule has 1 aromatic carbocycles. The maximum atomic E-state index is 11.4. The summed E-state index contributed by atoms with van der Waals surface area (Å²) in [4.78, 5) is 11.4. The lowest BCUT2D eigenvalue weighted by Gasteiger charge is -2.26. The largest absolute Gasteiger partial charge is 0.480 e. The highest BCUT2D eigenvalue weighted by Crippen LogP contribution is 2.18. The van der Waals surface area contributed by atoms with E-state index in [-0.39, 0.29) is 0 Å². The molecule has 0 aliphatic heterocycles. The molecule has 0 fully saturated rings. The fourth-order valence-electron chi connectivity index (χ4n) is 2.27. The summed E-state index contributed by atoms with van der Waals surface area (Å²) < 4.78 is 0. The molecule has 0 saturated heterocycles. The molecule has 106 valence electrons. The summed E-state index contributed by atoms with van der Waals surface area (Å²) in [6.45, 7) is 10.6. The summed E-state index contributed by atoms with van der Waals surface area (Å²) in [6, 6.07) is 4.30. The molecule has 0 aliphatic carbocycles. The monoisotopic (exact) mass is 263 g/mol. The zero-order chi connectivity index (χ0) is 14.6. The Kier molecular flexibility index (Phi) is 5.12. The second kappa shape index (κ2) is 6.20. The molecule has 19 heavy (non-hydrogen) atoms. The highest BCUT2D eigenvalue weighted by Gasteiger charge is 2.31. The van der Waals surface area contributed by atoms with Gasteiger partial charge >= 0.3 is 5.97 Å². The van der Waals surface area contributed by atoms with Gasteiger partial charge in [-0.3, -0.25) is 10.1 Å². The maximum absolute atomic E-state index is 11.4. The third-order valence-electron chi connectivity index (χ3n) is 3.84. The molecule has 0 spiro atoms. The first-order valence-corrected chi connectivity index (χ1v) is 6.85. The number of nitrogens with one attached hydrogen (secondary N) is 1. The molecule has 0 bridgehead atoms. The van der Waals surface area contributed by atoms with Crippen LogP contribution in [0, 0.1) is 20.8 Å². The first-order valence-electron chi connectivity index (χ1n) is 6.85. The van der Waals surface area contributed by atoms with E-state index in [1.165, 1.54) is 22.3 Å². The second-order valence-electron chi connectivity index (χ2n) is 5.60. The Morgan fingerprint density at radius 2 is 1.79 bits per heavy atom. The van der Waals surface area contributed by atoms with Crippen LogP contribution in [0.3, 0.4) is 0 Å². The fourth-order valence-corrected chi connectivity index (χ4v) is 2.27. The van der Waals surface area contributed by atoms with E-state index < -0.39 is 11.5 Å². The van der Waals surface area contributed by atoms with Crippen LogP contribution < -0.4 is 5.32 Å². The topological polar surface area (TPSA) is 49.3 Å². The van der Waals surface area contributed by atoms with Crippen LogP contribution >= 0.6 is 0 Å². The Labute approximate surface area is 116 Å². The van der Waals surface area contributed by atoms with Gasteiger partial charge in [0.05, 0.1) is 0 Å². The van der Waals surface area contributed by atoms with Crippen LogP contribution in [0.5, 0.6) is 0 Å². The lowest BCUT2D eigenvalue weighted by Crippen LogP contribution is -2.49. The number of carboxylic acids is 1. The van der Waals surface area contributed by atoms with Crippen LogP contribution in [-0.4, -0.2) is 16.6 Å². The molecule has 0 aliphatic rings. The molecule has 1 unspecified atom stereocenters. The van der Waals surface area contributed by atoms with Gasteiger partial charge in [-0.1, -0.05) is 25.5 Å². The van der Waals surface area contributed by atoms with E-state index in [1.807, 2.05) is 6.92 Å². The number of carboxylic acid groups (broad SMARTS) is 1. The van der Waals surface area contributed by atoms with Crippen LogP contribution in [0.25, 0.3) is 0 Å². The molecule has 0 aromatic heterocycles. The molecule has 0 heterocycles. The van der Waals surface area contributed by atoms with Crippen molar-refractivity contribution in [1.82, 2.24) is 5.32 Å². The molecule has 0 radical (unpaired) electrons. The summed E-state index contributed by atoms with van der Waals surface area (Å²) in [5.41, 5.74) is 4.05. The van der Waals surface area contributed by atoms with E-state index in [1.54, 1.807) is 6.92 Å². The highest BCUT2D eigenvalue weighted by molar-refractivity contribution is 5.78. The fraction of sp³-hybridized carbons (Fsp3) is 0.562. The van der Waals surface area contributed by atoms with E-state index in [2.05, 4.69) is 38.2 Å². The first kappa shape index (κ1) is 15.7. The van der Waals surface area contributed by atoms with E-state index in [9.17, 15) is 9.90 Å². The number of rotatable bonds is 6. The summed E-state index contributed by atoms with van der Waals surface area (Å²) in [5.74, 6) is -0.782. The van der Waals surface area contributed by atoms with Crippen LogP contribution in [0.4, 0.5) is 0 Å². The van der Waals surface area contributed by atoms with Gasteiger partial charge in [-0.2, -0.15) is 0 Å². The average Bonchev–Trinajstić information content (AvgIpc) is 2.32. The van der Waals surface area contributed by atoms with Crippen molar-refractivity contribution in [3.05, 3.63) is 34.4 Å². The molecule has 3 heteroatoms. The van der Waals surface area contributed by atoms with Gasteiger partial charge in [0.2, 0.25) is 0 Å². The molecular formula is C16H25NO2. The van der Waals surface area contributed by atoms with Crippen molar-refractivity contribution in [3.8, 4) is 0 Å². The number of benzene rings is 1. The smallest absolute Gasteiger partial charge is 0.323 e. The van der Waals surface area contributed by atoms with Crippen molar-refractivity contribution in [1.29, 1.82) is 0 Å². The van der Waals surface area contributed by atoms with Crippen LogP contribution in [0.15, 0.2) is 12.1 Å². The van der Waals surface area contributed by atoms with Crippen molar-refractivity contribution in [2.75, 3.05) is 0 Å². The van der Waals surface area contributed by atoms with Crippen LogP contribution in [0.2, 0.25) is 0 Å². The Bertz CT molecular complexity index is 468. The zero-order valence-corrected chi connectivity index (χ0v) is 12.6. The molecule has 0 saturated carbocycles. The SMILES string of the molecule is CCCC(C)(NCc1cc(C)c(C)cc1C)C(=O)O. The first-order chi connectivity index (χ1) is 8.80. The predicted molar refractivity (Wildman–Crippen MR) is 78.4 cm³/mol. The van der Waals surface area contributed by atoms with Crippen molar-refractivity contribution in [3.63, 3.8) is 0 Å². The zero-order valence-electron chi connectivity index (χ0n) is 12.6. The third-order valence-corrected chi connectivity index (χ3v) is 3.84. The van der Waals surface area contributed by atoms with Gasteiger partial charge in [-0.25, -0.2) is 0 Å². The summed E-state index contributed by atoms with van der Waals surface area (Å²) in [6.07, 6.45) is 1.48. The van der Waals surface area contributed by atoms with Crippen molar-refractivity contribution in [2.45, 2.75) is 59.5 Å². The van der Waals surface area contributed by atoms with Gasteiger partial charge in [0.15, 0.2) is 0 Å². The van der Waals surface area contributed by atoms with Crippen LogP contribution in [-0.2, 0) is 11.3 Å². The Balaban J connectivity index is 2.86. The van der Waals surface area contributed by atoms with Gasteiger partial charge in [0.25, 0.3) is 0 Å². The summed E-state index contributed by atoms with van der Waals surface area (Å²) in [7, 11) is 0. The standard InChI is InChI=1S/C16H25NO2/c1-6-7-16(5,15(18)19)17-10-14-9-12(3)11(2)8-13(14)4/h8-9,17H,6-7,10H2,1-5H3,(H,18,19). The molecular weight excluding hydrogens is 238 g/mol. The van der Waals surface area contributed by atoms with Crippen molar-refractivity contribution in [2.24, 2.45) is 0 Å². The minimum atomic E-state index is -0.847. The number of carbonyl (C=O) groups is 1. The lowest BCUT2D eigenvalue weighted by atomic mass is 9.95. The Morgan fingerprint density at radius 1 is 1.21 bits per heavy atom. The molecule has 0 amide bonds. The Morgan fingerprint density at radius 3 is 2.32 bits per heavy atom. The van der Waals surface area contributed by atoms with E-state index in [0.717, 1.165) is 6.42 Å². The van der Waals surface area contributed by atoms with E-state index in [4.69, 9.17) is 0 Å². The molecule has 1 rings (SSSR count). The third kappa shape index (κ3) is 3.80. The normalized spacial score (nSPS) is 14.2. The number of hydrogen-bond donors (Lipinski definition) is 2. The number of hydrogen-bond acceptors (Lipinski definition) is 2. The van der Waals surface area contributed by atoms with E-state index >= 15 is 0 Å². The van der Waals surface area contributed by atoms with Crippen molar-refractivity contribution >= 4 is 5.97 Å². The molecule has 1 atom stereocenters. The van der Waals surface area contributed by atoms with Gasteiger partial charge in [0, 0.05) is 6.54 Å². The number of aryl methyl sites for hydroxylation is 3. The Hall–Kier alpha value is -1.35. The van der Waals surface area contributed by atoms with Gasteiger partial charge in [-0.05, 0) is 56.4 Å². The highest BCUT2D eigenvalue weighted by atomic mass is 16.4. The lowest BCUT2D eigenvalue weighted by molar-refractivity contribution is -0.144. The van der Waals surface area contributed by atoms with Gasteiger partial charge in [0.1, 0.15) is 5.54 Å². The predicted octanol–water partition coefficient (Wildman–Crippen LogP) is 3.34. The average molecular weight is 263 g/mol. The molecule has 3 nitrogen and oxygen atoms in total. The summed E-state index contributed by atoms with van der Waals surface area (Å²) in [5, 5.41) is 12.5. The molecule has 1 aromatic rings.